The van der Waals surface area contributed by atoms with Crippen LogP contribution in [0.3, 0.4) is 0 Å². The fraction of sp³-hybridized carbons (Fsp3) is 0.200. The highest BCUT2D eigenvalue weighted by Crippen LogP contribution is 2.14. The summed E-state index contributed by atoms with van der Waals surface area (Å²) in [5.74, 6) is -6.18. The maximum absolute atomic E-state index is 14.5. The van der Waals surface area contributed by atoms with Crippen LogP contribution in [0.5, 0.6) is 5.75 Å². The second-order valence-corrected chi connectivity index (χ2v) is 4.06. The number of hydrogen-bond acceptors (Lipinski definition) is 6. The summed E-state index contributed by atoms with van der Waals surface area (Å²) in [6.07, 6.45) is 0. The van der Waals surface area contributed by atoms with Gasteiger partial charge in [0.25, 0.3) is 0 Å². The molecule has 0 saturated carbocycles. The first-order valence-corrected chi connectivity index (χ1v) is 6.15. The van der Waals surface area contributed by atoms with Crippen LogP contribution in [0.4, 0.5) is 13.2 Å². The molecule has 0 atom stereocenters. The second-order valence-electron chi connectivity index (χ2n) is 4.06. The molecule has 9 heteroatoms. The van der Waals surface area contributed by atoms with Crippen molar-refractivity contribution < 1.29 is 22.6 Å². The third kappa shape index (κ3) is 3.28. The molecule has 0 aliphatic carbocycles. The van der Waals surface area contributed by atoms with Gasteiger partial charge in [0.15, 0.2) is 23.2 Å². The first kappa shape index (κ1) is 18.5. The minimum Gasteiger partial charge on any atom is -0.487 e. The van der Waals surface area contributed by atoms with E-state index in [1.807, 2.05) is 0 Å². The Morgan fingerprint density at radius 3 is 1.71 bits per heavy atom. The average Bonchev–Trinajstić information content (AvgIpc) is 2.59. The fourth-order valence-electron chi connectivity index (χ4n) is 1.72. The summed E-state index contributed by atoms with van der Waals surface area (Å²) in [7, 11) is 1.30. The largest absolute Gasteiger partial charge is 0.487 e. The maximum atomic E-state index is 14.5. The van der Waals surface area contributed by atoms with E-state index in [9.17, 15) is 13.2 Å². The lowest BCUT2D eigenvalue weighted by atomic mass is 10.1. The third-order valence-electron chi connectivity index (χ3n) is 2.76. The molecule has 6 nitrogen and oxygen atoms in total. The zero-order valence-corrected chi connectivity index (χ0v) is 12.2. The smallest absolute Gasteiger partial charge is 0.178 e. The molecule has 0 aliphatic rings. The lowest BCUT2D eigenvalue weighted by Crippen LogP contribution is -2.30. The van der Waals surface area contributed by atoms with Gasteiger partial charge in [-0.15, -0.1) is 0 Å². The van der Waals surface area contributed by atoms with Crippen LogP contribution < -0.4 is 15.2 Å². The van der Waals surface area contributed by atoms with Crippen molar-refractivity contribution in [3.8, 4) is 30.0 Å². The molecule has 0 radical (unpaired) electrons. The van der Waals surface area contributed by atoms with E-state index in [-0.39, 0.29) is 13.2 Å². The predicted octanol–water partition coefficient (Wildman–Crippen LogP) is 0.525. The van der Waals surface area contributed by atoms with Crippen molar-refractivity contribution in [3.63, 3.8) is 0 Å². The Bertz CT molecular complexity index is 928. The highest BCUT2D eigenvalue weighted by atomic mass is 19.2. The molecule has 0 aliphatic heterocycles. The van der Waals surface area contributed by atoms with Crippen LogP contribution in [0.25, 0.3) is 11.1 Å². The number of benzene rings is 1. The van der Waals surface area contributed by atoms with Gasteiger partial charge in [0.05, 0.1) is 17.0 Å². The summed E-state index contributed by atoms with van der Waals surface area (Å²) in [6.45, 7) is -0.377. The molecule has 0 aromatic heterocycles. The number of ether oxygens (including phenoxy) is 2. The number of hydrogen-bond donors (Lipinski definition) is 0. The molecule has 1 aromatic carbocycles. The Kier molecular flexibility index (Phi) is 6.32. The molecule has 0 spiro atoms. The van der Waals surface area contributed by atoms with Gasteiger partial charge in [0.2, 0.25) is 0 Å². The Labute approximate surface area is 134 Å². The van der Waals surface area contributed by atoms with E-state index in [2.05, 4.69) is 4.74 Å². The molecule has 0 N–H and O–H groups in total. The lowest BCUT2D eigenvalue weighted by Gasteiger charge is -2.10. The molecule has 0 heterocycles. The number of rotatable bonds is 4. The quantitative estimate of drug-likeness (QED) is 0.587. The summed E-state index contributed by atoms with van der Waals surface area (Å²) in [4.78, 5) is 0. The van der Waals surface area contributed by atoms with E-state index in [0.717, 1.165) is 0 Å². The van der Waals surface area contributed by atoms with Crippen LogP contribution in [0.15, 0.2) is 0 Å². The Balaban J connectivity index is 4.13. The van der Waals surface area contributed by atoms with Gasteiger partial charge in [-0.1, -0.05) is 0 Å². The predicted molar refractivity (Wildman–Crippen MR) is 72.2 cm³/mol. The topological polar surface area (TPSA) is 114 Å². The van der Waals surface area contributed by atoms with Gasteiger partial charge in [-0.3, -0.25) is 0 Å². The van der Waals surface area contributed by atoms with Crippen molar-refractivity contribution in [3.05, 3.63) is 27.9 Å². The highest BCUT2D eigenvalue weighted by molar-refractivity contribution is 5.76. The van der Waals surface area contributed by atoms with E-state index < -0.39 is 44.8 Å². The fourth-order valence-corrected chi connectivity index (χ4v) is 1.72. The van der Waals surface area contributed by atoms with Gasteiger partial charge in [-0.05, 0) is 0 Å². The van der Waals surface area contributed by atoms with Crippen LogP contribution in [0, 0.1) is 62.8 Å². The van der Waals surface area contributed by atoms with Crippen LogP contribution in [-0.2, 0) is 4.74 Å². The van der Waals surface area contributed by atoms with Crippen LogP contribution in [-0.4, -0.2) is 20.3 Å². The van der Waals surface area contributed by atoms with Crippen molar-refractivity contribution in [1.82, 2.24) is 0 Å². The molecule has 0 bridgehead atoms. The number of halogens is 3. The highest BCUT2D eigenvalue weighted by Gasteiger charge is 2.23. The van der Waals surface area contributed by atoms with Gasteiger partial charge in [0, 0.05) is 7.11 Å². The molecule has 0 amide bonds. The SMILES string of the molecule is COCCOc1c(F)c(=C(C#N)C#N)c(F)c(F)c1=C(C#N)C#N. The summed E-state index contributed by atoms with van der Waals surface area (Å²) < 4.78 is 52.5. The van der Waals surface area contributed by atoms with E-state index in [1.54, 1.807) is 0 Å². The molecule has 0 saturated heterocycles. The Morgan fingerprint density at radius 1 is 0.792 bits per heavy atom. The number of nitriles is 4. The minimum absolute atomic E-state index is 0.0608. The first-order chi connectivity index (χ1) is 11.5. The van der Waals surface area contributed by atoms with Crippen molar-refractivity contribution in [2.24, 2.45) is 0 Å². The van der Waals surface area contributed by atoms with Gasteiger partial charge < -0.3 is 9.47 Å². The third-order valence-corrected chi connectivity index (χ3v) is 2.76. The number of methoxy groups -OCH3 is 1. The van der Waals surface area contributed by atoms with Gasteiger partial charge >= 0.3 is 0 Å². The summed E-state index contributed by atoms with van der Waals surface area (Å²) in [5, 5.41) is 32.9. The molecule has 120 valence electrons. The first-order valence-electron chi connectivity index (χ1n) is 6.15. The maximum Gasteiger partial charge on any atom is 0.178 e. The Morgan fingerprint density at radius 2 is 1.25 bits per heavy atom. The molecule has 1 rings (SSSR count). The molecular formula is C15H7F3N4O2. The molecule has 1 aromatic rings. The summed E-state index contributed by atoms with van der Waals surface area (Å²) in [5.41, 5.74) is -1.96. The lowest BCUT2D eigenvalue weighted by molar-refractivity contribution is 0.142. The average molecular weight is 332 g/mol. The standard InChI is InChI=1S/C15H7F3N4O2/c1-23-2-3-24-15-11(9(6-21)7-22)13(17)12(16)10(14(15)18)8(4-19)5-20/h2-3H2,1H3. The van der Waals surface area contributed by atoms with Crippen LogP contribution in [0.1, 0.15) is 0 Å². The van der Waals surface area contributed by atoms with Crippen molar-refractivity contribution in [1.29, 1.82) is 21.0 Å². The molecule has 0 unspecified atom stereocenters. The van der Waals surface area contributed by atoms with Gasteiger partial charge in [-0.25, -0.2) is 13.2 Å². The molecular weight excluding hydrogens is 325 g/mol. The Hall–Kier alpha value is -3.53. The summed E-state index contributed by atoms with van der Waals surface area (Å²) in [6, 6.07) is 5.09. The monoisotopic (exact) mass is 332 g/mol. The van der Waals surface area contributed by atoms with E-state index in [4.69, 9.17) is 25.8 Å². The summed E-state index contributed by atoms with van der Waals surface area (Å²) >= 11 is 0. The van der Waals surface area contributed by atoms with Crippen LogP contribution in [0.2, 0.25) is 0 Å². The normalized spacial score (nSPS) is 9.17. The zero-order chi connectivity index (χ0) is 18.3. The minimum atomic E-state index is -1.87. The van der Waals surface area contributed by atoms with E-state index >= 15 is 0 Å². The van der Waals surface area contributed by atoms with Gasteiger partial charge in [-0.2, -0.15) is 21.0 Å². The van der Waals surface area contributed by atoms with Crippen molar-refractivity contribution in [2.45, 2.75) is 0 Å². The van der Waals surface area contributed by atoms with E-state index in [1.165, 1.54) is 31.4 Å². The number of nitrogens with zero attached hydrogens (tertiary/aromatic N) is 4. The molecule has 0 fully saturated rings. The van der Waals surface area contributed by atoms with Crippen molar-refractivity contribution in [2.75, 3.05) is 20.3 Å². The van der Waals surface area contributed by atoms with Gasteiger partial charge in [0.1, 0.15) is 42.0 Å². The van der Waals surface area contributed by atoms with Crippen LogP contribution >= 0.6 is 0 Å². The van der Waals surface area contributed by atoms with E-state index in [0.29, 0.717) is 0 Å². The zero-order valence-electron chi connectivity index (χ0n) is 12.2. The molecule has 24 heavy (non-hydrogen) atoms. The van der Waals surface area contributed by atoms with Crippen molar-refractivity contribution >= 4 is 11.1 Å². The second kappa shape index (κ2) is 8.19.